The summed E-state index contributed by atoms with van der Waals surface area (Å²) in [4.78, 5) is 28.2. The van der Waals surface area contributed by atoms with Crippen LogP contribution in [0.4, 0.5) is 9.52 Å². The average Bonchev–Trinajstić information content (AvgIpc) is 3.70. The predicted molar refractivity (Wildman–Crippen MR) is 165 cm³/mol. The fraction of sp³-hybridized carbons (Fsp3) is 0.152. The zero-order valence-electron chi connectivity index (χ0n) is 22.9. The molecule has 1 amide bonds. The van der Waals surface area contributed by atoms with Crippen molar-refractivity contribution < 1.29 is 23.8 Å². The molecule has 0 spiro atoms. The highest BCUT2D eigenvalue weighted by atomic mass is 32.2. The van der Waals surface area contributed by atoms with Crippen molar-refractivity contribution in [2.45, 2.75) is 35.6 Å². The first kappa shape index (κ1) is 27.3. The molecule has 1 N–H and O–H groups in total. The zero-order chi connectivity index (χ0) is 29.7. The monoisotopic (exact) mass is 609 g/mol. The van der Waals surface area contributed by atoms with Crippen molar-refractivity contribution in [1.29, 1.82) is 0 Å². The number of thioether (sulfide) groups is 1. The number of fused-ring (bicyclic) bond motifs is 2. The molecule has 10 heteroatoms. The van der Waals surface area contributed by atoms with Crippen LogP contribution in [0.3, 0.4) is 0 Å². The van der Waals surface area contributed by atoms with Gasteiger partial charge in [-0.1, -0.05) is 83.8 Å². The molecule has 1 aromatic heterocycles. The Morgan fingerprint density at radius 3 is 2.70 bits per heavy atom. The molecule has 0 radical (unpaired) electrons. The number of carbonyl (C=O) groups is 2. The third kappa shape index (κ3) is 4.86. The topological polar surface area (TPSA) is 92.6 Å². The van der Waals surface area contributed by atoms with E-state index in [1.807, 2.05) is 25.1 Å². The Labute approximate surface area is 254 Å². The highest BCUT2D eigenvalue weighted by Crippen LogP contribution is 2.45. The Hall–Kier alpha value is -4.54. The van der Waals surface area contributed by atoms with Crippen molar-refractivity contribution >= 4 is 56.5 Å². The maximum absolute atomic E-state index is 15.3. The molecule has 5 aromatic rings. The number of ether oxygens (including phenoxy) is 1. The lowest BCUT2D eigenvalue weighted by atomic mass is 9.94. The minimum Gasteiger partial charge on any atom is -0.507 e. The number of carbonyl (C=O) groups excluding carboxylic acids is 2. The van der Waals surface area contributed by atoms with Crippen molar-refractivity contribution in [2.24, 2.45) is 0 Å². The number of hydrogen-bond donors (Lipinski definition) is 1. The summed E-state index contributed by atoms with van der Waals surface area (Å²) in [6.07, 6.45) is 0.632. The van der Waals surface area contributed by atoms with Crippen LogP contribution in [-0.4, -0.2) is 33.1 Å². The normalized spacial score (nSPS) is 19.2. The zero-order valence-corrected chi connectivity index (χ0v) is 24.5. The first-order valence-electron chi connectivity index (χ1n) is 13.7. The van der Waals surface area contributed by atoms with E-state index in [1.54, 1.807) is 24.3 Å². The highest BCUT2D eigenvalue weighted by Gasteiger charge is 2.49. The Kier molecular flexibility index (Phi) is 6.95. The molecule has 2 atom stereocenters. The fourth-order valence-corrected chi connectivity index (χ4v) is 7.53. The summed E-state index contributed by atoms with van der Waals surface area (Å²) >= 11 is 2.60. The number of amides is 1. The summed E-state index contributed by atoms with van der Waals surface area (Å²) in [6.45, 7) is 1.94. The molecular weight excluding hydrogens is 586 g/mol. The number of hydrogen-bond acceptors (Lipinski definition) is 8. The minimum atomic E-state index is -1.23. The van der Waals surface area contributed by atoms with Crippen molar-refractivity contribution in [3.8, 4) is 5.75 Å². The van der Waals surface area contributed by atoms with Gasteiger partial charge >= 0.3 is 5.91 Å². The van der Waals surface area contributed by atoms with Crippen LogP contribution < -0.4 is 9.64 Å². The Morgan fingerprint density at radius 1 is 1.05 bits per heavy atom. The molecule has 7 rings (SSSR count). The van der Waals surface area contributed by atoms with Gasteiger partial charge in [0.15, 0.2) is 4.34 Å². The van der Waals surface area contributed by atoms with E-state index in [-0.39, 0.29) is 28.1 Å². The molecule has 214 valence electrons. The molecule has 2 aliphatic heterocycles. The highest BCUT2D eigenvalue weighted by molar-refractivity contribution is 8.00. The fourth-order valence-electron chi connectivity index (χ4n) is 5.66. The van der Waals surface area contributed by atoms with Gasteiger partial charge in [0.05, 0.1) is 5.57 Å². The van der Waals surface area contributed by atoms with Crippen LogP contribution >= 0.6 is 23.1 Å². The van der Waals surface area contributed by atoms with E-state index in [9.17, 15) is 14.7 Å². The van der Waals surface area contributed by atoms with E-state index in [4.69, 9.17) is 4.74 Å². The van der Waals surface area contributed by atoms with E-state index in [2.05, 4.69) is 34.5 Å². The van der Waals surface area contributed by atoms with Gasteiger partial charge in [0, 0.05) is 23.3 Å². The Balaban J connectivity index is 1.26. The summed E-state index contributed by atoms with van der Waals surface area (Å²) in [6, 6.07) is 24.0. The number of aliphatic hydroxyl groups is 1. The maximum Gasteiger partial charge on any atom is 0.301 e. The number of Topliss-reactive ketones (excluding diaryl/α,β-unsaturated/α-hetero) is 1. The Bertz CT molecular complexity index is 1950. The smallest absolute Gasteiger partial charge is 0.301 e. The molecular formula is C33H24FN3O4S2. The minimum absolute atomic E-state index is 0.0125. The van der Waals surface area contributed by atoms with Crippen molar-refractivity contribution in [3.05, 3.63) is 119 Å². The molecule has 3 heterocycles. The van der Waals surface area contributed by atoms with Gasteiger partial charge < -0.3 is 9.84 Å². The van der Waals surface area contributed by atoms with Crippen LogP contribution in [-0.2, 0) is 21.8 Å². The molecule has 2 aliphatic rings. The molecule has 0 unspecified atom stereocenters. The molecule has 4 aromatic carbocycles. The van der Waals surface area contributed by atoms with Gasteiger partial charge in [0.2, 0.25) is 5.13 Å². The van der Waals surface area contributed by atoms with E-state index in [1.165, 1.54) is 30.0 Å². The third-order valence-corrected chi connectivity index (χ3v) is 9.75. The van der Waals surface area contributed by atoms with Crippen LogP contribution in [0.25, 0.3) is 16.5 Å². The number of aromatic nitrogens is 2. The van der Waals surface area contributed by atoms with Gasteiger partial charge in [-0.2, -0.15) is 0 Å². The summed E-state index contributed by atoms with van der Waals surface area (Å²) < 4.78 is 21.6. The largest absolute Gasteiger partial charge is 0.507 e. The third-order valence-electron chi connectivity index (χ3n) is 7.65. The van der Waals surface area contributed by atoms with Gasteiger partial charge in [-0.3, -0.25) is 14.5 Å². The number of halogens is 1. The summed E-state index contributed by atoms with van der Waals surface area (Å²) in [5, 5.41) is 22.4. The van der Waals surface area contributed by atoms with Crippen molar-refractivity contribution in [1.82, 2.24) is 10.2 Å². The Morgan fingerprint density at radius 2 is 1.84 bits per heavy atom. The summed E-state index contributed by atoms with van der Waals surface area (Å²) in [7, 11) is 0. The maximum atomic E-state index is 15.3. The van der Waals surface area contributed by atoms with Gasteiger partial charge in [-0.15, -0.1) is 10.2 Å². The average molecular weight is 610 g/mol. The lowest BCUT2D eigenvalue weighted by molar-refractivity contribution is -0.132. The second kappa shape index (κ2) is 10.9. The predicted octanol–water partition coefficient (Wildman–Crippen LogP) is 7.07. The summed E-state index contributed by atoms with van der Waals surface area (Å²) in [5.41, 5.74) is 2.22. The van der Waals surface area contributed by atoms with Gasteiger partial charge in [0.25, 0.3) is 5.78 Å². The number of nitrogens with zero attached hydrogens (tertiary/aromatic N) is 3. The van der Waals surface area contributed by atoms with Crippen LogP contribution in [0.5, 0.6) is 5.75 Å². The molecule has 0 saturated carbocycles. The second-order valence-corrected chi connectivity index (χ2v) is 12.6. The standard InChI is InChI=1S/C33H24FN3O4S2/c1-18-15-22-16-20(13-14-26(22)41-18)29(38)27-28(24-11-4-5-12-25(24)34)37(31(40)30(27)39)32-35-36-33(43-32)42-17-21-9-6-8-19-7-2-3-10-23(19)21/h2-14,16,18,28,38H,15,17H2,1H3/t18-,28+/m1/s1. The molecule has 7 nitrogen and oxygen atoms in total. The van der Waals surface area contributed by atoms with Crippen molar-refractivity contribution in [3.63, 3.8) is 0 Å². The van der Waals surface area contributed by atoms with E-state index < -0.39 is 23.5 Å². The van der Waals surface area contributed by atoms with E-state index >= 15 is 4.39 Å². The molecule has 0 bridgehead atoms. The lowest BCUT2D eigenvalue weighted by Crippen LogP contribution is -2.29. The number of benzene rings is 4. The lowest BCUT2D eigenvalue weighted by Gasteiger charge is -2.23. The van der Waals surface area contributed by atoms with E-state index in [0.29, 0.717) is 27.8 Å². The van der Waals surface area contributed by atoms with E-state index in [0.717, 1.165) is 38.1 Å². The number of aliphatic hydroxyl groups excluding tert-OH is 1. The number of ketones is 1. The van der Waals surface area contributed by atoms with Crippen molar-refractivity contribution in [2.75, 3.05) is 4.90 Å². The second-order valence-electron chi connectivity index (χ2n) is 10.4. The van der Waals surface area contributed by atoms with Gasteiger partial charge in [-0.05, 0) is 53.1 Å². The molecule has 1 fully saturated rings. The molecule has 1 saturated heterocycles. The van der Waals surface area contributed by atoms with Crippen LogP contribution in [0.15, 0.2) is 94.8 Å². The van der Waals surface area contributed by atoms with Crippen LogP contribution in [0.1, 0.15) is 35.2 Å². The van der Waals surface area contributed by atoms with Crippen LogP contribution in [0.2, 0.25) is 0 Å². The van der Waals surface area contributed by atoms with Gasteiger partial charge in [-0.25, -0.2) is 4.39 Å². The summed E-state index contributed by atoms with van der Waals surface area (Å²) in [5.74, 6) is -1.50. The molecule has 43 heavy (non-hydrogen) atoms. The number of anilines is 1. The first-order valence-corrected chi connectivity index (χ1v) is 15.5. The quantitative estimate of drug-likeness (QED) is 0.0724. The van der Waals surface area contributed by atoms with Gasteiger partial charge in [0.1, 0.15) is 29.5 Å². The number of rotatable bonds is 6. The first-order chi connectivity index (χ1) is 20.9. The molecule has 0 aliphatic carbocycles. The SMILES string of the molecule is C[C@@H]1Cc2cc(C(O)=C3C(=O)C(=O)N(c4nnc(SCc5cccc6ccccc56)s4)[C@H]3c3ccccc3F)ccc2O1. The van der Waals surface area contributed by atoms with Crippen LogP contribution in [0, 0.1) is 5.82 Å².